The van der Waals surface area contributed by atoms with Crippen LogP contribution in [0.2, 0.25) is 0 Å². The Hall–Kier alpha value is -2.02. The van der Waals surface area contributed by atoms with Gasteiger partial charge in [-0.05, 0) is 26.7 Å². The molecule has 8 nitrogen and oxygen atoms in total. The van der Waals surface area contributed by atoms with Gasteiger partial charge in [0.15, 0.2) is 0 Å². The molecule has 0 saturated heterocycles. The number of hydrogen-bond donors (Lipinski definition) is 2. The number of carboxylic acids is 4. The molecule has 128 valence electrons. The van der Waals surface area contributed by atoms with Gasteiger partial charge in [-0.1, -0.05) is 27.0 Å². The molecule has 0 aliphatic rings. The van der Waals surface area contributed by atoms with Crippen molar-refractivity contribution in [3.05, 3.63) is 24.3 Å². The van der Waals surface area contributed by atoms with Crippen LogP contribution in [-0.4, -0.2) is 34.1 Å². The fourth-order valence-electron chi connectivity index (χ4n) is 0. The third-order valence-electron chi connectivity index (χ3n) is 1.31. The summed E-state index contributed by atoms with van der Waals surface area (Å²) in [4.78, 5) is 37.7. The molecule has 0 atom stereocenters. The standard InChI is InChI=1S/2C4H6O2.2C3H6O2.Zn/c2*1-3(2)4(5)6;2*1-2-3(4)5;/h2*1H2,2H3,(H,5,6);2*2H2,1H3,(H,4,5);/q;;;;+2/p-2. The van der Waals surface area contributed by atoms with Gasteiger partial charge in [-0.2, -0.15) is 0 Å². The first-order valence-corrected chi connectivity index (χ1v) is 6.00. The molecule has 0 aliphatic carbocycles. The van der Waals surface area contributed by atoms with E-state index in [1.54, 1.807) is 0 Å². The van der Waals surface area contributed by atoms with Crippen LogP contribution < -0.4 is 10.2 Å². The summed E-state index contributed by atoms with van der Waals surface area (Å²) in [6.07, 6.45) is 0.222. The Morgan fingerprint density at radius 1 is 0.783 bits per heavy atom. The van der Waals surface area contributed by atoms with Gasteiger partial charge in [-0.25, -0.2) is 9.59 Å². The summed E-state index contributed by atoms with van der Waals surface area (Å²) in [5.41, 5.74) is 0.352. The molecule has 0 aromatic heterocycles. The van der Waals surface area contributed by atoms with E-state index in [9.17, 15) is 29.4 Å². The van der Waals surface area contributed by atoms with Crippen LogP contribution in [0.5, 0.6) is 0 Å². The Labute approximate surface area is 148 Å². The number of carbonyl (C=O) groups is 4. The molecule has 0 heterocycles. The number of carboxylic acid groups (broad SMARTS) is 4. The number of rotatable bonds is 4. The zero-order chi connectivity index (χ0) is 18.9. The van der Waals surface area contributed by atoms with Crippen LogP contribution in [0.1, 0.15) is 40.5 Å². The van der Waals surface area contributed by atoms with Crippen LogP contribution in [0.3, 0.4) is 0 Å². The zero-order valence-electron chi connectivity index (χ0n) is 13.9. The van der Waals surface area contributed by atoms with Gasteiger partial charge in [-0.3, -0.25) is 0 Å². The zero-order valence-corrected chi connectivity index (χ0v) is 16.8. The van der Waals surface area contributed by atoms with Crippen LogP contribution >= 0.6 is 0 Å². The van der Waals surface area contributed by atoms with Crippen LogP contribution in [0, 0.1) is 0 Å². The van der Waals surface area contributed by atoms with Gasteiger partial charge >= 0.3 is 31.4 Å². The predicted molar refractivity (Wildman–Crippen MR) is 75.5 cm³/mol. The maximum absolute atomic E-state index is 9.60. The first kappa shape index (κ1) is 32.8. The summed E-state index contributed by atoms with van der Waals surface area (Å²) in [6.45, 7) is 12.3. The third-order valence-corrected chi connectivity index (χ3v) is 1.31. The van der Waals surface area contributed by atoms with Gasteiger partial charge in [-0.15, -0.1) is 0 Å². The minimum atomic E-state index is -0.995. The Kier molecular flexibility index (Phi) is 31.8. The first-order chi connectivity index (χ1) is 9.83. The van der Waals surface area contributed by atoms with Gasteiger partial charge < -0.3 is 30.0 Å². The molecule has 9 heteroatoms. The van der Waals surface area contributed by atoms with Gasteiger partial charge in [0, 0.05) is 23.1 Å². The molecule has 0 aromatic carbocycles. The predicted octanol–water partition coefficient (Wildman–Crippen LogP) is -0.416. The molecule has 2 N–H and O–H groups in total. The van der Waals surface area contributed by atoms with Crippen molar-refractivity contribution in [3.8, 4) is 0 Å². The Morgan fingerprint density at radius 3 is 0.870 bits per heavy atom. The second-order valence-corrected chi connectivity index (χ2v) is 3.62. The molecule has 23 heavy (non-hydrogen) atoms. The molecule has 0 unspecified atom stereocenters. The summed E-state index contributed by atoms with van der Waals surface area (Å²) in [5, 5.41) is 34.3. The third kappa shape index (κ3) is 64.8. The summed E-state index contributed by atoms with van der Waals surface area (Å²) in [7, 11) is 0. The molecule has 0 aromatic rings. The molecule has 0 fully saturated rings. The summed E-state index contributed by atoms with van der Waals surface area (Å²) >= 11 is 0. The molecule has 0 saturated carbocycles. The summed E-state index contributed by atoms with van der Waals surface area (Å²) in [5.74, 6) is -3.86. The van der Waals surface area contributed by atoms with E-state index in [4.69, 9.17) is 10.2 Å². The van der Waals surface area contributed by atoms with Gasteiger partial charge in [0.25, 0.3) is 0 Å². The monoisotopic (exact) mass is 382 g/mol. The average Bonchev–Trinajstić information content (AvgIpc) is 2.40. The Balaban J connectivity index is -0.0000000620. The van der Waals surface area contributed by atoms with Gasteiger partial charge in [0.2, 0.25) is 0 Å². The van der Waals surface area contributed by atoms with Crippen molar-refractivity contribution in [2.24, 2.45) is 0 Å². The molecular formula is C14H22O8Zn. The van der Waals surface area contributed by atoms with Crippen LogP contribution in [0.4, 0.5) is 0 Å². The van der Waals surface area contributed by atoms with Gasteiger partial charge in [0.1, 0.15) is 0 Å². The molecular weight excluding hydrogens is 362 g/mol. The minimum Gasteiger partial charge on any atom is -0.550 e. The second-order valence-electron chi connectivity index (χ2n) is 3.62. The van der Waals surface area contributed by atoms with Crippen molar-refractivity contribution in [1.82, 2.24) is 0 Å². The number of carbonyl (C=O) groups excluding carboxylic acids is 2. The quantitative estimate of drug-likeness (QED) is 0.490. The van der Waals surface area contributed by atoms with Crippen molar-refractivity contribution in [3.63, 3.8) is 0 Å². The fourth-order valence-corrected chi connectivity index (χ4v) is 0. The molecule has 0 amide bonds. The smallest absolute Gasteiger partial charge is 0.550 e. The topological polar surface area (TPSA) is 155 Å². The van der Waals surface area contributed by atoms with Crippen molar-refractivity contribution in [2.75, 3.05) is 0 Å². The fraction of sp³-hybridized carbons (Fsp3) is 0.429. The van der Waals surface area contributed by atoms with E-state index in [0.717, 1.165) is 0 Å². The SMILES string of the molecule is C=C(C)C(=O)O.C=C(C)C(=O)O.CCC(=O)[O-].CCC(=O)[O-].[Zn+2]. The van der Waals surface area contributed by atoms with Gasteiger partial charge in [0.05, 0.1) is 0 Å². The van der Waals surface area contributed by atoms with E-state index in [1.807, 2.05) is 0 Å². The van der Waals surface area contributed by atoms with E-state index in [2.05, 4.69) is 13.2 Å². The van der Waals surface area contributed by atoms with Crippen LogP contribution in [-0.2, 0) is 38.7 Å². The van der Waals surface area contributed by atoms with E-state index in [0.29, 0.717) is 0 Å². The molecule has 0 spiro atoms. The van der Waals surface area contributed by atoms with Crippen molar-refractivity contribution >= 4 is 23.9 Å². The Bertz CT molecular complexity index is 340. The van der Waals surface area contributed by atoms with Crippen LogP contribution in [0.15, 0.2) is 24.3 Å². The van der Waals surface area contributed by atoms with Crippen molar-refractivity contribution in [2.45, 2.75) is 40.5 Å². The average molecular weight is 384 g/mol. The van der Waals surface area contributed by atoms with Crippen molar-refractivity contribution in [1.29, 1.82) is 0 Å². The maximum atomic E-state index is 9.60. The second kappa shape index (κ2) is 22.3. The van der Waals surface area contributed by atoms with E-state index >= 15 is 0 Å². The largest absolute Gasteiger partial charge is 2.00 e. The summed E-state index contributed by atoms with van der Waals surface area (Å²) in [6, 6.07) is 0. The maximum Gasteiger partial charge on any atom is 2.00 e. The van der Waals surface area contributed by atoms with E-state index in [1.165, 1.54) is 27.7 Å². The molecule has 0 bridgehead atoms. The molecule has 0 rings (SSSR count). The number of hydrogen-bond acceptors (Lipinski definition) is 6. The molecule has 0 aliphatic heterocycles. The Morgan fingerprint density at radius 2 is 0.870 bits per heavy atom. The van der Waals surface area contributed by atoms with E-state index in [-0.39, 0.29) is 43.5 Å². The van der Waals surface area contributed by atoms with Crippen molar-refractivity contribution < 1.29 is 59.1 Å². The molecule has 0 radical (unpaired) electrons. The normalized spacial score (nSPS) is 7.13. The minimum absolute atomic E-state index is 0. The number of aliphatic carboxylic acids is 4. The van der Waals surface area contributed by atoms with Crippen LogP contribution in [0.25, 0.3) is 0 Å². The first-order valence-electron chi connectivity index (χ1n) is 6.00. The van der Waals surface area contributed by atoms with E-state index < -0.39 is 23.9 Å². The summed E-state index contributed by atoms with van der Waals surface area (Å²) < 4.78 is 0.